The number of hydrogen-bond acceptors (Lipinski definition) is 2. The first-order valence-corrected chi connectivity index (χ1v) is 3.60. The van der Waals surface area contributed by atoms with Crippen LogP contribution < -0.4 is 0 Å². The Morgan fingerprint density at radius 2 is 2.00 bits per heavy atom. The van der Waals surface area contributed by atoms with Crippen LogP contribution in [0, 0.1) is 0 Å². The second kappa shape index (κ2) is 3.28. The molecule has 0 spiro atoms. The molecular weight excluding hydrogens is 199 g/mol. The second-order valence-corrected chi connectivity index (χ2v) is 2.65. The average Bonchev–Trinajstić information content (AvgIpc) is 2.43. The number of halogens is 3. The SMILES string of the molecule is Cn1c(C=O)ccc1C(=O)C(F)(F)F. The van der Waals surface area contributed by atoms with E-state index in [0.717, 1.165) is 16.7 Å². The molecule has 14 heavy (non-hydrogen) atoms. The van der Waals surface area contributed by atoms with E-state index in [2.05, 4.69) is 0 Å². The quantitative estimate of drug-likeness (QED) is 0.543. The molecule has 0 atom stereocenters. The van der Waals surface area contributed by atoms with Crippen LogP contribution in [0.3, 0.4) is 0 Å². The molecule has 0 N–H and O–H groups in total. The first-order chi connectivity index (χ1) is 6.38. The lowest BCUT2D eigenvalue weighted by atomic mass is 10.3. The third-order valence-corrected chi connectivity index (χ3v) is 1.77. The fraction of sp³-hybridized carbons (Fsp3) is 0.250. The molecule has 76 valence electrons. The highest BCUT2D eigenvalue weighted by Gasteiger charge is 2.40. The van der Waals surface area contributed by atoms with Crippen LogP contribution >= 0.6 is 0 Å². The summed E-state index contributed by atoms with van der Waals surface area (Å²) >= 11 is 0. The minimum atomic E-state index is -4.91. The number of carbonyl (C=O) groups excluding carboxylic acids is 2. The highest BCUT2D eigenvalue weighted by molar-refractivity contribution is 5.99. The lowest BCUT2D eigenvalue weighted by molar-refractivity contribution is -0.0890. The van der Waals surface area contributed by atoms with Crippen molar-refractivity contribution in [3.8, 4) is 0 Å². The molecule has 3 nitrogen and oxygen atoms in total. The van der Waals surface area contributed by atoms with E-state index in [1.54, 1.807) is 0 Å². The van der Waals surface area contributed by atoms with E-state index < -0.39 is 17.7 Å². The van der Waals surface area contributed by atoms with Crippen LogP contribution in [-0.4, -0.2) is 22.8 Å². The summed E-state index contributed by atoms with van der Waals surface area (Å²) in [5.74, 6) is -1.95. The molecule has 0 fully saturated rings. The standard InChI is InChI=1S/C8H6F3NO2/c1-12-5(4-13)2-3-6(12)7(14)8(9,10)11/h2-4H,1H3. The molecule has 0 aliphatic heterocycles. The lowest BCUT2D eigenvalue weighted by Gasteiger charge is -2.06. The molecule has 0 aromatic carbocycles. The zero-order chi connectivity index (χ0) is 10.9. The van der Waals surface area contributed by atoms with E-state index in [0.29, 0.717) is 6.29 Å². The molecule has 0 aliphatic carbocycles. The van der Waals surface area contributed by atoms with E-state index in [9.17, 15) is 22.8 Å². The second-order valence-electron chi connectivity index (χ2n) is 2.65. The molecule has 0 unspecified atom stereocenters. The molecular formula is C8H6F3NO2. The minimum absolute atomic E-state index is 0.0256. The van der Waals surface area contributed by atoms with Crippen LogP contribution in [0.4, 0.5) is 13.2 Å². The van der Waals surface area contributed by atoms with Crippen molar-refractivity contribution in [2.75, 3.05) is 0 Å². The van der Waals surface area contributed by atoms with Gasteiger partial charge in [-0.15, -0.1) is 0 Å². The van der Waals surface area contributed by atoms with Gasteiger partial charge in [-0.3, -0.25) is 9.59 Å². The molecule has 1 aromatic heterocycles. The zero-order valence-electron chi connectivity index (χ0n) is 7.13. The maximum absolute atomic E-state index is 12.0. The van der Waals surface area contributed by atoms with Crippen molar-refractivity contribution in [1.29, 1.82) is 0 Å². The highest BCUT2D eigenvalue weighted by Crippen LogP contribution is 2.21. The Hall–Kier alpha value is -1.59. The Kier molecular flexibility index (Phi) is 2.46. The van der Waals surface area contributed by atoms with Gasteiger partial charge in [0, 0.05) is 7.05 Å². The maximum Gasteiger partial charge on any atom is 0.456 e. The Balaban J connectivity index is 3.15. The number of alkyl halides is 3. The number of aromatic nitrogens is 1. The molecule has 1 aromatic rings. The first kappa shape index (κ1) is 10.5. The summed E-state index contributed by atoms with van der Waals surface area (Å²) in [5, 5.41) is 0. The largest absolute Gasteiger partial charge is 0.456 e. The summed E-state index contributed by atoms with van der Waals surface area (Å²) in [4.78, 5) is 21.1. The van der Waals surface area contributed by atoms with E-state index in [-0.39, 0.29) is 5.69 Å². The van der Waals surface area contributed by atoms with Crippen molar-refractivity contribution in [2.24, 2.45) is 7.05 Å². The first-order valence-electron chi connectivity index (χ1n) is 3.60. The van der Waals surface area contributed by atoms with Gasteiger partial charge in [-0.2, -0.15) is 13.2 Å². The number of aldehydes is 1. The van der Waals surface area contributed by atoms with Gasteiger partial charge >= 0.3 is 6.18 Å². The fourth-order valence-electron chi connectivity index (χ4n) is 1.02. The monoisotopic (exact) mass is 205 g/mol. The third kappa shape index (κ3) is 1.68. The van der Waals surface area contributed by atoms with Crippen LogP contribution in [0.1, 0.15) is 21.0 Å². The van der Waals surface area contributed by atoms with Crippen LogP contribution in [0.15, 0.2) is 12.1 Å². The molecule has 6 heteroatoms. The van der Waals surface area contributed by atoms with Gasteiger partial charge in [0.1, 0.15) is 0 Å². The number of nitrogens with zero attached hydrogens (tertiary/aromatic N) is 1. The van der Waals surface area contributed by atoms with E-state index in [1.807, 2.05) is 0 Å². The van der Waals surface area contributed by atoms with Crippen molar-refractivity contribution in [1.82, 2.24) is 4.57 Å². The van der Waals surface area contributed by atoms with Crippen LogP contribution in [0.5, 0.6) is 0 Å². The van der Waals surface area contributed by atoms with Gasteiger partial charge in [-0.25, -0.2) is 0 Å². The number of ketones is 1. The number of Topliss-reactive ketones (excluding diaryl/α,β-unsaturated/α-hetero) is 1. The average molecular weight is 205 g/mol. The molecule has 0 aliphatic rings. The van der Waals surface area contributed by atoms with Crippen molar-refractivity contribution < 1.29 is 22.8 Å². The summed E-state index contributed by atoms with van der Waals surface area (Å²) in [6.07, 6.45) is -4.53. The highest BCUT2D eigenvalue weighted by atomic mass is 19.4. The third-order valence-electron chi connectivity index (χ3n) is 1.77. The van der Waals surface area contributed by atoms with Crippen molar-refractivity contribution in [2.45, 2.75) is 6.18 Å². The maximum atomic E-state index is 12.0. The molecule has 0 bridgehead atoms. The van der Waals surface area contributed by atoms with Gasteiger partial charge in [-0.05, 0) is 12.1 Å². The van der Waals surface area contributed by atoms with Crippen molar-refractivity contribution in [3.05, 3.63) is 23.5 Å². The van der Waals surface area contributed by atoms with Crippen molar-refractivity contribution in [3.63, 3.8) is 0 Å². The van der Waals surface area contributed by atoms with Gasteiger partial charge < -0.3 is 4.57 Å². The van der Waals surface area contributed by atoms with E-state index in [1.165, 1.54) is 7.05 Å². The number of hydrogen-bond donors (Lipinski definition) is 0. The minimum Gasteiger partial charge on any atom is -0.339 e. The van der Waals surface area contributed by atoms with Gasteiger partial charge in [-0.1, -0.05) is 0 Å². The van der Waals surface area contributed by atoms with Gasteiger partial charge in [0.2, 0.25) is 0 Å². The zero-order valence-corrected chi connectivity index (χ0v) is 7.13. The Morgan fingerprint density at radius 3 is 2.36 bits per heavy atom. The summed E-state index contributed by atoms with van der Waals surface area (Å²) in [6.45, 7) is 0. The summed E-state index contributed by atoms with van der Waals surface area (Å²) in [6, 6.07) is 2.13. The van der Waals surface area contributed by atoms with Crippen LogP contribution in [0.2, 0.25) is 0 Å². The smallest absolute Gasteiger partial charge is 0.339 e. The fourth-order valence-corrected chi connectivity index (χ4v) is 1.02. The Morgan fingerprint density at radius 1 is 1.43 bits per heavy atom. The predicted octanol–water partition coefficient (Wildman–Crippen LogP) is 1.58. The molecule has 0 saturated heterocycles. The van der Waals surface area contributed by atoms with Crippen molar-refractivity contribution >= 4 is 12.1 Å². The van der Waals surface area contributed by atoms with Gasteiger partial charge in [0.15, 0.2) is 6.29 Å². The topological polar surface area (TPSA) is 39.1 Å². The van der Waals surface area contributed by atoms with Crippen LogP contribution in [-0.2, 0) is 7.05 Å². The predicted molar refractivity (Wildman–Crippen MR) is 41.2 cm³/mol. The molecule has 0 radical (unpaired) electrons. The van der Waals surface area contributed by atoms with Gasteiger partial charge in [0.05, 0.1) is 11.4 Å². The molecule has 1 rings (SSSR count). The Labute approximate surface area is 77.1 Å². The molecule has 1 heterocycles. The van der Waals surface area contributed by atoms with Gasteiger partial charge in [0.25, 0.3) is 5.78 Å². The lowest BCUT2D eigenvalue weighted by Crippen LogP contribution is -2.25. The Bertz CT molecular complexity index is 378. The van der Waals surface area contributed by atoms with E-state index >= 15 is 0 Å². The molecule has 0 amide bonds. The summed E-state index contributed by atoms with van der Waals surface area (Å²) in [7, 11) is 1.22. The summed E-state index contributed by atoms with van der Waals surface area (Å²) < 4.78 is 36.8. The molecule has 0 saturated carbocycles. The van der Waals surface area contributed by atoms with Crippen LogP contribution in [0.25, 0.3) is 0 Å². The number of carbonyl (C=O) groups is 2. The van der Waals surface area contributed by atoms with E-state index in [4.69, 9.17) is 0 Å². The number of rotatable bonds is 2. The normalized spacial score (nSPS) is 11.4. The summed E-state index contributed by atoms with van der Waals surface area (Å²) in [5.41, 5.74) is -0.516.